The number of urea groups is 1. The van der Waals surface area contributed by atoms with Crippen molar-refractivity contribution >= 4 is 23.8 Å². The maximum atomic E-state index is 12.7. The number of carbonyl (C=O) groups excluding carboxylic acids is 4. The molecule has 0 saturated carbocycles. The predicted octanol–water partition coefficient (Wildman–Crippen LogP) is 1.11. The third kappa shape index (κ3) is 4.60. The SMILES string of the molecule is Cc1cc(C(=O)OCC(=O)NN2C(=O)N[C@](C)(CCc3ccccc3)C2=O)on1. The molecule has 1 aliphatic heterocycles. The fourth-order valence-corrected chi connectivity index (χ4v) is 2.81. The third-order valence-corrected chi connectivity index (χ3v) is 4.42. The molecule has 10 nitrogen and oxygen atoms in total. The number of rotatable bonds is 7. The van der Waals surface area contributed by atoms with Crippen molar-refractivity contribution in [1.82, 2.24) is 20.9 Å². The van der Waals surface area contributed by atoms with E-state index in [0.29, 0.717) is 23.5 Å². The summed E-state index contributed by atoms with van der Waals surface area (Å²) >= 11 is 0. The first-order valence-electron chi connectivity index (χ1n) is 8.89. The summed E-state index contributed by atoms with van der Waals surface area (Å²) in [6.45, 7) is 2.52. The Balaban J connectivity index is 1.53. The number of aryl methyl sites for hydroxylation is 2. The van der Waals surface area contributed by atoms with Gasteiger partial charge in [-0.3, -0.25) is 15.0 Å². The lowest BCUT2D eigenvalue weighted by Crippen LogP contribution is -2.50. The molecule has 1 aromatic heterocycles. The lowest BCUT2D eigenvalue weighted by Gasteiger charge is -2.21. The minimum absolute atomic E-state index is 0.154. The van der Waals surface area contributed by atoms with Crippen LogP contribution in [0.15, 0.2) is 40.9 Å². The topological polar surface area (TPSA) is 131 Å². The van der Waals surface area contributed by atoms with Crippen LogP contribution in [0.1, 0.15) is 35.2 Å². The number of hydrogen-bond donors (Lipinski definition) is 2. The molecule has 0 radical (unpaired) electrons. The Bertz CT molecular complexity index is 941. The molecular weight excluding hydrogens is 380 g/mol. The van der Waals surface area contributed by atoms with E-state index >= 15 is 0 Å². The molecule has 1 saturated heterocycles. The molecule has 2 heterocycles. The van der Waals surface area contributed by atoms with Crippen molar-refractivity contribution in [1.29, 1.82) is 0 Å². The molecule has 1 atom stereocenters. The van der Waals surface area contributed by atoms with Gasteiger partial charge >= 0.3 is 12.0 Å². The smallest absolute Gasteiger partial charge is 0.377 e. The third-order valence-electron chi connectivity index (χ3n) is 4.42. The molecule has 0 bridgehead atoms. The second-order valence-electron chi connectivity index (χ2n) is 6.83. The van der Waals surface area contributed by atoms with Gasteiger partial charge < -0.3 is 14.6 Å². The van der Waals surface area contributed by atoms with Crippen molar-refractivity contribution in [3.05, 3.63) is 53.4 Å². The predicted molar refractivity (Wildman–Crippen MR) is 98.2 cm³/mol. The Hall–Kier alpha value is -3.69. The lowest BCUT2D eigenvalue weighted by atomic mass is 9.93. The Labute approximate surface area is 166 Å². The Kier molecular flexibility index (Phi) is 5.62. The first-order chi connectivity index (χ1) is 13.8. The Morgan fingerprint density at radius 1 is 1.28 bits per heavy atom. The highest BCUT2D eigenvalue weighted by atomic mass is 16.6. The van der Waals surface area contributed by atoms with Gasteiger partial charge in [-0.1, -0.05) is 35.5 Å². The molecule has 10 heteroatoms. The highest BCUT2D eigenvalue weighted by molar-refractivity contribution is 6.07. The van der Waals surface area contributed by atoms with Crippen LogP contribution in [0.2, 0.25) is 0 Å². The zero-order chi connectivity index (χ0) is 21.0. The summed E-state index contributed by atoms with van der Waals surface area (Å²) in [7, 11) is 0. The van der Waals surface area contributed by atoms with Gasteiger partial charge in [0.1, 0.15) is 5.54 Å². The van der Waals surface area contributed by atoms with Crippen LogP contribution in [0.25, 0.3) is 0 Å². The van der Waals surface area contributed by atoms with Crippen LogP contribution >= 0.6 is 0 Å². The van der Waals surface area contributed by atoms with Crippen LogP contribution in [0.3, 0.4) is 0 Å². The van der Waals surface area contributed by atoms with Gasteiger partial charge in [0.25, 0.3) is 11.8 Å². The quantitative estimate of drug-likeness (QED) is 0.526. The molecule has 1 aromatic carbocycles. The van der Waals surface area contributed by atoms with E-state index in [9.17, 15) is 19.2 Å². The monoisotopic (exact) mass is 400 g/mol. The van der Waals surface area contributed by atoms with E-state index in [-0.39, 0.29) is 5.76 Å². The zero-order valence-corrected chi connectivity index (χ0v) is 15.9. The normalized spacial score (nSPS) is 18.5. The van der Waals surface area contributed by atoms with Crippen LogP contribution in [-0.4, -0.2) is 46.1 Å². The molecule has 0 spiro atoms. The average molecular weight is 400 g/mol. The van der Waals surface area contributed by atoms with Crippen LogP contribution in [0.5, 0.6) is 0 Å². The van der Waals surface area contributed by atoms with Crippen molar-refractivity contribution < 1.29 is 28.4 Å². The second kappa shape index (κ2) is 8.13. The van der Waals surface area contributed by atoms with Gasteiger partial charge in [-0.15, -0.1) is 0 Å². The Morgan fingerprint density at radius 2 is 2.00 bits per heavy atom. The van der Waals surface area contributed by atoms with Gasteiger partial charge in [-0.05, 0) is 32.3 Å². The van der Waals surface area contributed by atoms with Gasteiger partial charge in [-0.25, -0.2) is 9.59 Å². The van der Waals surface area contributed by atoms with Crippen LogP contribution in [-0.2, 0) is 20.7 Å². The number of nitrogens with zero attached hydrogens (tertiary/aromatic N) is 2. The summed E-state index contributed by atoms with van der Waals surface area (Å²) in [6.07, 6.45) is 0.924. The number of nitrogens with one attached hydrogen (secondary N) is 2. The maximum absolute atomic E-state index is 12.7. The summed E-state index contributed by atoms with van der Waals surface area (Å²) < 4.78 is 9.52. The molecule has 0 aliphatic carbocycles. The Morgan fingerprint density at radius 3 is 2.66 bits per heavy atom. The van der Waals surface area contributed by atoms with Gasteiger partial charge in [0.05, 0.1) is 5.69 Å². The minimum Gasteiger partial charge on any atom is -0.450 e. The number of hydrogen-bond acceptors (Lipinski definition) is 7. The van der Waals surface area contributed by atoms with E-state index in [0.717, 1.165) is 5.56 Å². The molecule has 29 heavy (non-hydrogen) atoms. The number of esters is 1. The van der Waals surface area contributed by atoms with Crippen LogP contribution < -0.4 is 10.7 Å². The fourth-order valence-electron chi connectivity index (χ4n) is 2.81. The number of imide groups is 1. The first kappa shape index (κ1) is 20.1. The number of amides is 4. The molecule has 2 N–H and O–H groups in total. The summed E-state index contributed by atoms with van der Waals surface area (Å²) in [5, 5.41) is 6.73. The maximum Gasteiger partial charge on any atom is 0.377 e. The molecular formula is C19H20N4O6. The number of carbonyl (C=O) groups is 4. The summed E-state index contributed by atoms with van der Waals surface area (Å²) in [5.74, 6) is -2.47. The second-order valence-corrected chi connectivity index (χ2v) is 6.83. The van der Waals surface area contributed by atoms with Gasteiger partial charge in [0.2, 0.25) is 5.76 Å². The minimum atomic E-state index is -1.16. The molecule has 0 unspecified atom stereocenters. The number of benzene rings is 1. The molecule has 2 aromatic rings. The van der Waals surface area contributed by atoms with Gasteiger partial charge in [0, 0.05) is 6.07 Å². The van der Waals surface area contributed by atoms with Crippen LogP contribution in [0.4, 0.5) is 4.79 Å². The fraction of sp³-hybridized carbons (Fsp3) is 0.316. The molecule has 1 aliphatic rings. The van der Waals surface area contributed by atoms with Crippen molar-refractivity contribution in [3.63, 3.8) is 0 Å². The van der Waals surface area contributed by atoms with Crippen LogP contribution in [0, 0.1) is 6.92 Å². The standard InChI is InChI=1S/C19H20N4O6/c1-12-10-14(29-22-12)16(25)28-11-15(24)21-23-17(26)19(2,20-18(23)27)9-8-13-6-4-3-5-7-13/h3-7,10H,8-9,11H2,1-2H3,(H,20,27)(H,21,24)/t19-/m1/s1. The molecule has 152 valence electrons. The van der Waals surface area contributed by atoms with Gasteiger partial charge in [-0.2, -0.15) is 5.01 Å². The summed E-state index contributed by atoms with van der Waals surface area (Å²) in [5.41, 5.74) is 2.50. The lowest BCUT2D eigenvalue weighted by molar-refractivity contribution is -0.140. The number of aromatic nitrogens is 1. The van der Waals surface area contributed by atoms with Crippen molar-refractivity contribution in [2.24, 2.45) is 0 Å². The van der Waals surface area contributed by atoms with E-state index in [1.165, 1.54) is 6.07 Å². The summed E-state index contributed by atoms with van der Waals surface area (Å²) in [4.78, 5) is 48.6. The van der Waals surface area contributed by atoms with Crippen molar-refractivity contribution in [2.45, 2.75) is 32.2 Å². The average Bonchev–Trinajstić information content (AvgIpc) is 3.23. The van der Waals surface area contributed by atoms with E-state index in [4.69, 9.17) is 9.26 Å². The van der Waals surface area contributed by atoms with E-state index < -0.39 is 36.0 Å². The number of ether oxygens (including phenoxy) is 1. The molecule has 4 amide bonds. The zero-order valence-electron chi connectivity index (χ0n) is 15.9. The number of hydrazine groups is 1. The summed E-state index contributed by atoms with van der Waals surface area (Å²) in [6, 6.07) is 10.1. The molecule has 3 rings (SSSR count). The largest absolute Gasteiger partial charge is 0.450 e. The first-order valence-corrected chi connectivity index (χ1v) is 8.89. The van der Waals surface area contributed by atoms with Gasteiger partial charge in [0.15, 0.2) is 6.61 Å². The molecule has 1 fully saturated rings. The van der Waals surface area contributed by atoms with E-state index in [1.54, 1.807) is 13.8 Å². The highest BCUT2D eigenvalue weighted by Gasteiger charge is 2.48. The van der Waals surface area contributed by atoms with Crippen molar-refractivity contribution in [3.8, 4) is 0 Å². The van der Waals surface area contributed by atoms with E-state index in [1.807, 2.05) is 30.3 Å². The highest BCUT2D eigenvalue weighted by Crippen LogP contribution is 2.22. The van der Waals surface area contributed by atoms with Crippen molar-refractivity contribution in [2.75, 3.05) is 6.61 Å². The van der Waals surface area contributed by atoms with E-state index in [2.05, 4.69) is 15.9 Å².